The van der Waals surface area contributed by atoms with E-state index in [1.54, 1.807) is 12.1 Å². The number of rotatable bonds is 6. The second kappa shape index (κ2) is 6.58. The van der Waals surface area contributed by atoms with Crippen molar-refractivity contribution in [2.75, 3.05) is 21.3 Å². The second-order valence-electron chi connectivity index (χ2n) is 4.39. The molecule has 0 bridgehead atoms. The summed E-state index contributed by atoms with van der Waals surface area (Å²) in [6.07, 6.45) is 0.240. The first-order valence-electron chi connectivity index (χ1n) is 6.33. The number of hydrogen-bond donors (Lipinski definition) is 0. The van der Waals surface area contributed by atoms with E-state index < -0.39 is 0 Å². The molecule has 0 fully saturated rings. The average Bonchev–Trinajstić information content (AvgIpc) is 2.90. The zero-order valence-corrected chi connectivity index (χ0v) is 13.2. The molecule has 0 saturated heterocycles. The first-order valence-corrected chi connectivity index (χ1v) is 7.21. The highest BCUT2D eigenvalue weighted by molar-refractivity contribution is 7.09. The van der Waals surface area contributed by atoms with E-state index in [0.29, 0.717) is 22.8 Å². The van der Waals surface area contributed by atoms with Gasteiger partial charge in [-0.3, -0.25) is 4.79 Å². The Bertz CT molecular complexity index is 651. The van der Waals surface area contributed by atoms with E-state index >= 15 is 0 Å². The molecule has 2 aromatic rings. The molecular weight excluding hydrogens is 290 g/mol. The van der Waals surface area contributed by atoms with Crippen LogP contribution in [0.1, 0.15) is 21.1 Å². The van der Waals surface area contributed by atoms with E-state index in [4.69, 9.17) is 14.2 Å². The Morgan fingerprint density at radius 1 is 1.10 bits per heavy atom. The Kier molecular flexibility index (Phi) is 4.80. The second-order valence-corrected chi connectivity index (χ2v) is 5.33. The highest BCUT2D eigenvalue weighted by Gasteiger charge is 2.18. The number of aryl methyl sites for hydroxylation is 1. The normalized spacial score (nSPS) is 10.3. The zero-order chi connectivity index (χ0) is 15.4. The maximum absolute atomic E-state index is 12.5. The molecular formula is C15H17NO4S. The van der Waals surface area contributed by atoms with Gasteiger partial charge < -0.3 is 14.2 Å². The van der Waals surface area contributed by atoms with Gasteiger partial charge >= 0.3 is 0 Å². The van der Waals surface area contributed by atoms with Gasteiger partial charge in [-0.25, -0.2) is 4.98 Å². The summed E-state index contributed by atoms with van der Waals surface area (Å²) >= 11 is 1.47. The van der Waals surface area contributed by atoms with Crippen LogP contribution in [-0.2, 0) is 6.42 Å². The van der Waals surface area contributed by atoms with Gasteiger partial charge in [-0.05, 0) is 13.0 Å². The Hall–Kier alpha value is -2.08. The van der Waals surface area contributed by atoms with E-state index in [0.717, 1.165) is 10.7 Å². The minimum Gasteiger partial charge on any atom is -0.496 e. The van der Waals surface area contributed by atoms with E-state index in [1.807, 2.05) is 12.3 Å². The predicted octanol–water partition coefficient (Wildman–Crippen LogP) is 2.90. The Labute approximate surface area is 127 Å². The number of methoxy groups -OCH3 is 3. The van der Waals surface area contributed by atoms with Gasteiger partial charge in [0.2, 0.25) is 0 Å². The van der Waals surface area contributed by atoms with Gasteiger partial charge in [0, 0.05) is 17.1 Å². The molecule has 1 heterocycles. The summed E-state index contributed by atoms with van der Waals surface area (Å²) in [5, 5.41) is 2.71. The average molecular weight is 307 g/mol. The minimum absolute atomic E-state index is 0.0675. The number of carbonyl (C=O) groups is 1. The van der Waals surface area contributed by atoms with E-state index in [-0.39, 0.29) is 12.2 Å². The Morgan fingerprint density at radius 3 is 2.24 bits per heavy atom. The van der Waals surface area contributed by atoms with Crippen molar-refractivity contribution in [1.82, 2.24) is 4.98 Å². The van der Waals surface area contributed by atoms with Crippen LogP contribution in [0, 0.1) is 6.92 Å². The van der Waals surface area contributed by atoms with Gasteiger partial charge in [0.05, 0.1) is 33.3 Å². The first kappa shape index (κ1) is 15.3. The van der Waals surface area contributed by atoms with Gasteiger partial charge in [-0.2, -0.15) is 0 Å². The van der Waals surface area contributed by atoms with Gasteiger partial charge in [0.1, 0.15) is 10.8 Å². The summed E-state index contributed by atoms with van der Waals surface area (Å²) in [5.74, 6) is 1.42. The lowest BCUT2D eigenvalue weighted by Crippen LogP contribution is -2.07. The number of nitrogens with zero attached hydrogens (tertiary/aromatic N) is 1. The van der Waals surface area contributed by atoms with Crippen LogP contribution >= 0.6 is 11.3 Å². The van der Waals surface area contributed by atoms with Crippen LogP contribution in [-0.4, -0.2) is 32.1 Å². The third kappa shape index (κ3) is 3.33. The molecule has 0 unspecified atom stereocenters. The Balaban J connectivity index is 2.34. The largest absolute Gasteiger partial charge is 0.496 e. The highest BCUT2D eigenvalue weighted by Crippen LogP contribution is 2.35. The number of ketones is 1. The lowest BCUT2D eigenvalue weighted by atomic mass is 10.1. The maximum atomic E-state index is 12.5. The van der Waals surface area contributed by atoms with Crippen LogP contribution in [0.3, 0.4) is 0 Å². The summed E-state index contributed by atoms with van der Waals surface area (Å²) in [6.45, 7) is 1.90. The van der Waals surface area contributed by atoms with Crippen molar-refractivity contribution < 1.29 is 19.0 Å². The highest BCUT2D eigenvalue weighted by atomic mass is 32.1. The van der Waals surface area contributed by atoms with Crippen molar-refractivity contribution in [2.24, 2.45) is 0 Å². The third-order valence-corrected chi connectivity index (χ3v) is 3.95. The molecule has 0 aliphatic rings. The number of benzene rings is 1. The van der Waals surface area contributed by atoms with Crippen LogP contribution in [0.2, 0.25) is 0 Å². The van der Waals surface area contributed by atoms with E-state index in [2.05, 4.69) is 4.98 Å². The molecule has 5 nitrogen and oxygen atoms in total. The van der Waals surface area contributed by atoms with Gasteiger partial charge in [0.15, 0.2) is 17.3 Å². The standard InChI is InChI=1S/C15H17NO4S/c1-9-8-21-15(16-9)6-11(17)10-5-13(19-3)14(20-4)7-12(10)18-2/h5,7-8H,6H2,1-4H3. The molecule has 0 N–H and O–H groups in total. The summed E-state index contributed by atoms with van der Waals surface area (Å²) in [6, 6.07) is 3.29. The van der Waals surface area contributed by atoms with Crippen molar-refractivity contribution >= 4 is 17.1 Å². The molecule has 0 radical (unpaired) electrons. The predicted molar refractivity (Wildman–Crippen MR) is 81.0 cm³/mol. The molecule has 2 rings (SSSR count). The SMILES string of the molecule is COc1cc(OC)c(C(=O)Cc2nc(C)cs2)cc1OC. The lowest BCUT2D eigenvalue weighted by molar-refractivity contribution is 0.0989. The maximum Gasteiger partial charge on any atom is 0.173 e. The van der Waals surface area contributed by atoms with Crippen LogP contribution in [0.25, 0.3) is 0 Å². The summed E-state index contributed by atoms with van der Waals surface area (Å²) in [7, 11) is 4.59. The molecule has 1 aromatic heterocycles. The monoisotopic (exact) mass is 307 g/mol. The van der Waals surface area contributed by atoms with Crippen LogP contribution in [0.4, 0.5) is 0 Å². The number of ether oxygens (including phenoxy) is 3. The summed E-state index contributed by atoms with van der Waals surface area (Å²) in [4.78, 5) is 16.8. The zero-order valence-electron chi connectivity index (χ0n) is 12.4. The van der Waals surface area contributed by atoms with E-state index in [1.165, 1.54) is 32.7 Å². The minimum atomic E-state index is -0.0675. The van der Waals surface area contributed by atoms with Gasteiger partial charge in [-0.1, -0.05) is 0 Å². The van der Waals surface area contributed by atoms with Crippen LogP contribution in [0.5, 0.6) is 17.2 Å². The molecule has 21 heavy (non-hydrogen) atoms. The summed E-state index contributed by atoms with van der Waals surface area (Å²) in [5.41, 5.74) is 1.38. The molecule has 0 aliphatic heterocycles. The molecule has 0 amide bonds. The fraction of sp³-hybridized carbons (Fsp3) is 0.333. The molecule has 0 aliphatic carbocycles. The van der Waals surface area contributed by atoms with Crippen molar-refractivity contribution in [3.8, 4) is 17.2 Å². The number of hydrogen-bond acceptors (Lipinski definition) is 6. The van der Waals surface area contributed by atoms with Crippen LogP contribution < -0.4 is 14.2 Å². The first-order chi connectivity index (χ1) is 10.1. The summed E-state index contributed by atoms with van der Waals surface area (Å²) < 4.78 is 15.7. The fourth-order valence-electron chi connectivity index (χ4n) is 1.96. The Morgan fingerprint density at radius 2 is 1.71 bits per heavy atom. The number of Topliss-reactive ketones (excluding diaryl/α,β-unsaturated/α-hetero) is 1. The molecule has 0 spiro atoms. The van der Waals surface area contributed by atoms with Crippen LogP contribution in [0.15, 0.2) is 17.5 Å². The third-order valence-electron chi connectivity index (χ3n) is 2.98. The number of thiazole rings is 1. The van der Waals surface area contributed by atoms with Crippen molar-refractivity contribution in [2.45, 2.75) is 13.3 Å². The van der Waals surface area contributed by atoms with E-state index in [9.17, 15) is 4.79 Å². The molecule has 112 valence electrons. The van der Waals surface area contributed by atoms with Crippen molar-refractivity contribution in [1.29, 1.82) is 0 Å². The van der Waals surface area contributed by atoms with Crippen molar-refractivity contribution in [3.63, 3.8) is 0 Å². The molecule has 6 heteroatoms. The van der Waals surface area contributed by atoms with Crippen molar-refractivity contribution in [3.05, 3.63) is 33.8 Å². The number of carbonyl (C=O) groups excluding carboxylic acids is 1. The topological polar surface area (TPSA) is 57.7 Å². The molecule has 0 atom stereocenters. The van der Waals surface area contributed by atoms with Gasteiger partial charge in [-0.15, -0.1) is 11.3 Å². The number of aromatic nitrogens is 1. The fourth-order valence-corrected chi connectivity index (χ4v) is 2.73. The smallest absolute Gasteiger partial charge is 0.173 e. The van der Waals surface area contributed by atoms with Gasteiger partial charge in [0.25, 0.3) is 0 Å². The quantitative estimate of drug-likeness (QED) is 0.768. The molecule has 1 aromatic carbocycles. The lowest BCUT2D eigenvalue weighted by Gasteiger charge is -2.13. The molecule has 0 saturated carbocycles.